The van der Waals surface area contributed by atoms with Gasteiger partial charge in [0.15, 0.2) is 11.6 Å². The number of hydrogen-bond donors (Lipinski definition) is 0. The van der Waals surface area contributed by atoms with Gasteiger partial charge in [-0.3, -0.25) is 4.79 Å². The molecule has 0 aromatic heterocycles. The van der Waals surface area contributed by atoms with Gasteiger partial charge < -0.3 is 4.90 Å². The summed E-state index contributed by atoms with van der Waals surface area (Å²) in [5.41, 5.74) is 0.475. The summed E-state index contributed by atoms with van der Waals surface area (Å²) in [6.45, 7) is 3.04. The summed E-state index contributed by atoms with van der Waals surface area (Å²) in [6.07, 6.45) is 0.798. The van der Waals surface area contributed by atoms with E-state index in [1.54, 1.807) is 4.90 Å². The van der Waals surface area contributed by atoms with Crippen molar-refractivity contribution in [2.75, 3.05) is 19.0 Å². The maximum Gasteiger partial charge on any atom is 0.226 e. The number of likely N-dealkylation sites (N-methyl/N-ethyl adjacent to an activating group) is 1. The Balaban J connectivity index is 2.64. The monoisotopic (exact) mass is 275 g/mol. The van der Waals surface area contributed by atoms with Crippen LogP contribution in [0.5, 0.6) is 0 Å². The lowest BCUT2D eigenvalue weighted by molar-refractivity contribution is -0.130. The molecule has 100 valence electrons. The Labute approximate surface area is 111 Å². The van der Waals surface area contributed by atoms with Crippen LogP contribution in [0.4, 0.5) is 8.78 Å². The van der Waals surface area contributed by atoms with Crippen molar-refractivity contribution in [1.82, 2.24) is 4.90 Å². The highest BCUT2D eigenvalue weighted by Crippen LogP contribution is 2.10. The summed E-state index contributed by atoms with van der Waals surface area (Å²) in [5.74, 6) is -1.44. The SMILES string of the molecule is CCN(CCCCl)C(=O)Cc1ccc(F)c(F)c1. The lowest BCUT2D eigenvalue weighted by Crippen LogP contribution is -2.33. The number of alkyl halides is 1. The maximum atomic E-state index is 13.0. The Morgan fingerprint density at radius 1 is 1.33 bits per heavy atom. The van der Waals surface area contributed by atoms with Crippen molar-refractivity contribution in [3.8, 4) is 0 Å². The van der Waals surface area contributed by atoms with E-state index >= 15 is 0 Å². The molecule has 1 rings (SSSR count). The van der Waals surface area contributed by atoms with Crippen LogP contribution < -0.4 is 0 Å². The highest BCUT2D eigenvalue weighted by atomic mass is 35.5. The van der Waals surface area contributed by atoms with Gasteiger partial charge in [0.25, 0.3) is 0 Å². The average Bonchev–Trinajstić information content (AvgIpc) is 2.35. The molecule has 5 heteroatoms. The minimum Gasteiger partial charge on any atom is -0.343 e. The fourth-order valence-corrected chi connectivity index (χ4v) is 1.77. The van der Waals surface area contributed by atoms with Crippen LogP contribution in [0.2, 0.25) is 0 Å². The van der Waals surface area contributed by atoms with Crippen LogP contribution in [0.3, 0.4) is 0 Å². The largest absolute Gasteiger partial charge is 0.343 e. The Bertz CT molecular complexity index is 412. The molecule has 0 unspecified atom stereocenters. The first-order valence-electron chi connectivity index (χ1n) is 5.86. The van der Waals surface area contributed by atoms with E-state index in [-0.39, 0.29) is 12.3 Å². The van der Waals surface area contributed by atoms with Crippen molar-refractivity contribution in [2.45, 2.75) is 19.8 Å². The van der Waals surface area contributed by atoms with Crippen molar-refractivity contribution < 1.29 is 13.6 Å². The molecule has 0 bridgehead atoms. The van der Waals surface area contributed by atoms with Crippen molar-refractivity contribution in [2.24, 2.45) is 0 Å². The molecule has 0 aliphatic heterocycles. The van der Waals surface area contributed by atoms with Crippen LogP contribution >= 0.6 is 11.6 Å². The van der Waals surface area contributed by atoms with Gasteiger partial charge in [0, 0.05) is 19.0 Å². The van der Waals surface area contributed by atoms with Crippen LogP contribution in [-0.2, 0) is 11.2 Å². The zero-order valence-corrected chi connectivity index (χ0v) is 11.0. The maximum absolute atomic E-state index is 13.0. The third kappa shape index (κ3) is 4.26. The first-order chi connectivity index (χ1) is 8.58. The molecule has 1 aromatic rings. The zero-order valence-electron chi connectivity index (χ0n) is 10.3. The summed E-state index contributed by atoms with van der Waals surface area (Å²) >= 11 is 5.58. The van der Waals surface area contributed by atoms with E-state index in [2.05, 4.69) is 0 Å². The van der Waals surface area contributed by atoms with Gasteiger partial charge in [-0.2, -0.15) is 0 Å². The molecule has 0 saturated carbocycles. The number of benzene rings is 1. The van der Waals surface area contributed by atoms with Crippen LogP contribution in [0.25, 0.3) is 0 Å². The van der Waals surface area contributed by atoms with Gasteiger partial charge in [-0.15, -0.1) is 11.6 Å². The topological polar surface area (TPSA) is 20.3 Å². The number of halogens is 3. The van der Waals surface area contributed by atoms with Gasteiger partial charge >= 0.3 is 0 Å². The van der Waals surface area contributed by atoms with Gasteiger partial charge in [-0.05, 0) is 31.0 Å². The van der Waals surface area contributed by atoms with Crippen LogP contribution in [0, 0.1) is 11.6 Å². The lowest BCUT2D eigenvalue weighted by Gasteiger charge is -2.20. The molecule has 0 aliphatic carbocycles. The number of rotatable bonds is 6. The lowest BCUT2D eigenvalue weighted by atomic mass is 10.1. The average molecular weight is 276 g/mol. The standard InChI is InChI=1S/C13H16ClF2NO/c1-2-17(7-3-6-14)13(18)9-10-4-5-11(15)12(16)8-10/h4-5,8H,2-3,6-7,9H2,1H3. The summed E-state index contributed by atoms with van der Waals surface area (Å²) in [4.78, 5) is 13.6. The third-order valence-corrected chi connectivity index (χ3v) is 2.90. The smallest absolute Gasteiger partial charge is 0.226 e. The van der Waals surface area contributed by atoms with E-state index in [1.807, 2.05) is 6.92 Å². The third-order valence-electron chi connectivity index (χ3n) is 2.64. The minimum atomic E-state index is -0.927. The minimum absolute atomic E-state index is 0.0767. The van der Waals surface area contributed by atoms with E-state index in [4.69, 9.17) is 11.6 Å². The molecule has 0 heterocycles. The molecular weight excluding hydrogens is 260 g/mol. The van der Waals surface area contributed by atoms with E-state index in [1.165, 1.54) is 6.07 Å². The van der Waals surface area contributed by atoms with Crippen molar-refractivity contribution in [3.63, 3.8) is 0 Å². The number of nitrogens with zero attached hydrogens (tertiary/aromatic N) is 1. The molecule has 2 nitrogen and oxygen atoms in total. The van der Waals surface area contributed by atoms with Gasteiger partial charge in [-0.25, -0.2) is 8.78 Å². The number of carbonyl (C=O) groups is 1. The second kappa shape index (κ2) is 7.31. The fraction of sp³-hybridized carbons (Fsp3) is 0.462. The van der Waals surface area contributed by atoms with Crippen LogP contribution in [-0.4, -0.2) is 29.8 Å². The first-order valence-corrected chi connectivity index (χ1v) is 6.39. The van der Waals surface area contributed by atoms with Gasteiger partial charge in [0.2, 0.25) is 5.91 Å². The molecule has 1 aromatic carbocycles. The second-order valence-electron chi connectivity index (χ2n) is 3.94. The molecule has 0 fully saturated rings. The summed E-state index contributed by atoms with van der Waals surface area (Å²) in [5, 5.41) is 0. The van der Waals surface area contributed by atoms with Crippen molar-refractivity contribution >= 4 is 17.5 Å². The van der Waals surface area contributed by atoms with E-state index in [9.17, 15) is 13.6 Å². The molecule has 0 aliphatic rings. The molecule has 18 heavy (non-hydrogen) atoms. The summed E-state index contributed by atoms with van der Waals surface area (Å²) in [7, 11) is 0. The van der Waals surface area contributed by atoms with Crippen molar-refractivity contribution in [1.29, 1.82) is 0 Å². The molecule has 0 atom stereocenters. The van der Waals surface area contributed by atoms with Gasteiger partial charge in [-0.1, -0.05) is 6.07 Å². The number of hydrogen-bond acceptors (Lipinski definition) is 1. The Hall–Kier alpha value is -1.16. The van der Waals surface area contributed by atoms with E-state index in [0.717, 1.165) is 18.6 Å². The number of amides is 1. The first kappa shape index (κ1) is 14.9. The number of carbonyl (C=O) groups excluding carboxylic acids is 1. The quantitative estimate of drug-likeness (QED) is 0.731. The summed E-state index contributed by atoms with van der Waals surface area (Å²) in [6, 6.07) is 3.52. The predicted octanol–water partition coefficient (Wildman–Crippen LogP) is 2.98. The molecule has 0 saturated heterocycles. The fourth-order valence-electron chi connectivity index (χ4n) is 1.65. The Morgan fingerprint density at radius 2 is 2.06 bits per heavy atom. The highest BCUT2D eigenvalue weighted by molar-refractivity contribution is 6.17. The van der Waals surface area contributed by atoms with E-state index in [0.29, 0.717) is 24.5 Å². The normalized spacial score (nSPS) is 10.4. The highest BCUT2D eigenvalue weighted by Gasteiger charge is 2.13. The Morgan fingerprint density at radius 3 is 2.61 bits per heavy atom. The van der Waals surface area contributed by atoms with Crippen LogP contribution in [0.1, 0.15) is 18.9 Å². The molecule has 0 N–H and O–H groups in total. The molecule has 0 radical (unpaired) electrons. The van der Waals surface area contributed by atoms with E-state index < -0.39 is 11.6 Å². The summed E-state index contributed by atoms with van der Waals surface area (Å²) < 4.78 is 25.7. The second-order valence-corrected chi connectivity index (χ2v) is 4.32. The zero-order chi connectivity index (χ0) is 13.5. The predicted molar refractivity (Wildman–Crippen MR) is 67.7 cm³/mol. The van der Waals surface area contributed by atoms with Gasteiger partial charge in [0.1, 0.15) is 0 Å². The van der Waals surface area contributed by atoms with Crippen molar-refractivity contribution in [3.05, 3.63) is 35.4 Å². The Kier molecular flexibility index (Phi) is 6.05. The molecular formula is C13H16ClF2NO. The van der Waals surface area contributed by atoms with Crippen LogP contribution in [0.15, 0.2) is 18.2 Å². The molecule has 1 amide bonds. The van der Waals surface area contributed by atoms with Gasteiger partial charge in [0.05, 0.1) is 6.42 Å². The molecule has 0 spiro atoms.